The van der Waals surface area contributed by atoms with Gasteiger partial charge in [-0.2, -0.15) is 0 Å². The number of rotatable bonds is 4. The lowest BCUT2D eigenvalue weighted by molar-refractivity contribution is -0.118. The summed E-state index contributed by atoms with van der Waals surface area (Å²) < 4.78 is 14.7. The second kappa shape index (κ2) is 8.07. The van der Waals surface area contributed by atoms with Gasteiger partial charge in [-0.3, -0.25) is 14.2 Å². The van der Waals surface area contributed by atoms with E-state index in [-0.39, 0.29) is 17.3 Å². The lowest BCUT2D eigenvalue weighted by Crippen LogP contribution is -2.32. The lowest BCUT2D eigenvalue weighted by atomic mass is 10.0. The first-order chi connectivity index (χ1) is 14.8. The van der Waals surface area contributed by atoms with Crippen LogP contribution in [0.15, 0.2) is 52.9 Å². The van der Waals surface area contributed by atoms with E-state index in [0.29, 0.717) is 15.8 Å². The van der Waals surface area contributed by atoms with Crippen LogP contribution in [-0.2, 0) is 4.79 Å². The maximum atomic E-state index is 13.3. The van der Waals surface area contributed by atoms with Crippen molar-refractivity contribution < 1.29 is 9.18 Å². The van der Waals surface area contributed by atoms with Crippen molar-refractivity contribution in [2.24, 2.45) is 0 Å². The highest BCUT2D eigenvalue weighted by Gasteiger charge is 2.21. The van der Waals surface area contributed by atoms with Gasteiger partial charge in [0.2, 0.25) is 5.91 Å². The number of amides is 1. The van der Waals surface area contributed by atoms with Gasteiger partial charge in [-0.15, -0.1) is 11.3 Å². The van der Waals surface area contributed by atoms with Crippen molar-refractivity contribution in [2.75, 3.05) is 5.32 Å². The van der Waals surface area contributed by atoms with Gasteiger partial charge >= 0.3 is 0 Å². The van der Waals surface area contributed by atoms with Crippen LogP contribution in [-0.4, -0.2) is 15.5 Å². The van der Waals surface area contributed by atoms with Crippen molar-refractivity contribution in [2.45, 2.75) is 33.7 Å². The Morgan fingerprint density at radius 3 is 2.42 bits per heavy atom. The van der Waals surface area contributed by atoms with Crippen LogP contribution < -0.4 is 10.9 Å². The summed E-state index contributed by atoms with van der Waals surface area (Å²) in [6, 6.07) is 9.23. The molecular weight excluding hydrogens is 413 g/mol. The molecule has 4 rings (SSSR count). The highest BCUT2D eigenvalue weighted by molar-refractivity contribution is 7.17. The summed E-state index contributed by atoms with van der Waals surface area (Å²) >= 11 is 1.35. The second-order valence-electron chi connectivity index (χ2n) is 7.73. The van der Waals surface area contributed by atoms with Gasteiger partial charge in [0.25, 0.3) is 5.56 Å². The maximum Gasteiger partial charge on any atom is 0.263 e. The number of aryl methyl sites for hydroxylation is 3. The second-order valence-corrected chi connectivity index (χ2v) is 8.59. The molecule has 5 nitrogen and oxygen atoms in total. The van der Waals surface area contributed by atoms with Crippen molar-refractivity contribution >= 4 is 33.1 Å². The molecule has 0 aliphatic heterocycles. The quantitative estimate of drug-likeness (QED) is 0.467. The van der Waals surface area contributed by atoms with Crippen LogP contribution in [0.25, 0.3) is 21.3 Å². The number of thiophene rings is 1. The predicted molar refractivity (Wildman–Crippen MR) is 123 cm³/mol. The summed E-state index contributed by atoms with van der Waals surface area (Å²) in [5, 5.41) is 5.23. The lowest BCUT2D eigenvalue weighted by Gasteiger charge is -2.18. The first-order valence-corrected chi connectivity index (χ1v) is 10.8. The Morgan fingerprint density at radius 2 is 1.77 bits per heavy atom. The average Bonchev–Trinajstić information content (AvgIpc) is 3.16. The summed E-state index contributed by atoms with van der Waals surface area (Å²) in [5.41, 5.74) is 4.93. The molecule has 2 aromatic heterocycles. The van der Waals surface area contributed by atoms with E-state index in [1.165, 1.54) is 34.4 Å². The van der Waals surface area contributed by atoms with E-state index < -0.39 is 6.04 Å². The number of fused-ring (bicyclic) bond motifs is 1. The Hall–Kier alpha value is -3.32. The van der Waals surface area contributed by atoms with E-state index in [9.17, 15) is 14.0 Å². The smallest absolute Gasteiger partial charge is 0.263 e. The van der Waals surface area contributed by atoms with Gasteiger partial charge in [-0.1, -0.05) is 29.8 Å². The van der Waals surface area contributed by atoms with Gasteiger partial charge in [0.05, 0.1) is 11.7 Å². The summed E-state index contributed by atoms with van der Waals surface area (Å²) in [5.74, 6) is -0.636. The van der Waals surface area contributed by atoms with E-state index in [1.807, 2.05) is 38.3 Å². The normalized spacial score (nSPS) is 12.2. The Morgan fingerprint density at radius 1 is 1.13 bits per heavy atom. The van der Waals surface area contributed by atoms with E-state index >= 15 is 0 Å². The molecule has 2 heterocycles. The Labute approximate surface area is 183 Å². The standard InChI is InChI=1S/C24H22FN3O2S/c1-13-9-14(2)21(15(3)10-13)27-22(29)16(4)28-12-26-23-20(24(28)30)19(11-31-23)17-5-7-18(25)8-6-17/h5-12,16H,1-4H3,(H,27,29). The maximum absolute atomic E-state index is 13.3. The van der Waals surface area contributed by atoms with Crippen molar-refractivity contribution in [3.8, 4) is 11.1 Å². The van der Waals surface area contributed by atoms with Gasteiger partial charge in [0.1, 0.15) is 16.7 Å². The van der Waals surface area contributed by atoms with Crippen molar-refractivity contribution in [3.63, 3.8) is 0 Å². The number of halogens is 1. The molecule has 1 unspecified atom stereocenters. The number of carbonyl (C=O) groups excluding carboxylic acids is 1. The molecule has 0 spiro atoms. The van der Waals surface area contributed by atoms with E-state index in [1.54, 1.807) is 19.1 Å². The molecule has 4 aromatic rings. The van der Waals surface area contributed by atoms with Crippen molar-refractivity contribution in [3.05, 3.63) is 81.0 Å². The monoisotopic (exact) mass is 435 g/mol. The number of hydrogen-bond acceptors (Lipinski definition) is 4. The van der Waals surface area contributed by atoms with Crippen LogP contribution in [0.2, 0.25) is 0 Å². The van der Waals surface area contributed by atoms with Crippen LogP contribution in [0.5, 0.6) is 0 Å². The van der Waals surface area contributed by atoms with E-state index in [2.05, 4.69) is 10.3 Å². The van der Waals surface area contributed by atoms with Crippen LogP contribution in [0.4, 0.5) is 10.1 Å². The minimum absolute atomic E-state index is 0.295. The third-order valence-corrected chi connectivity index (χ3v) is 6.28. The SMILES string of the molecule is Cc1cc(C)c(NC(=O)C(C)n2cnc3scc(-c4ccc(F)cc4)c3c2=O)c(C)c1. The third-order valence-electron chi connectivity index (χ3n) is 5.40. The fraction of sp³-hybridized carbons (Fsp3) is 0.208. The fourth-order valence-corrected chi connectivity index (χ4v) is 4.70. The molecule has 0 radical (unpaired) electrons. The van der Waals surface area contributed by atoms with E-state index in [4.69, 9.17) is 0 Å². The Kier molecular flexibility index (Phi) is 5.45. The average molecular weight is 436 g/mol. The van der Waals surface area contributed by atoms with Gasteiger partial charge < -0.3 is 5.32 Å². The van der Waals surface area contributed by atoms with Gasteiger partial charge in [-0.25, -0.2) is 9.37 Å². The number of anilines is 1. The molecule has 0 aliphatic carbocycles. The third kappa shape index (κ3) is 3.88. The minimum atomic E-state index is -0.759. The molecule has 1 amide bonds. The molecule has 1 atom stereocenters. The molecule has 1 N–H and O–H groups in total. The van der Waals surface area contributed by atoms with E-state index in [0.717, 1.165) is 27.9 Å². The van der Waals surface area contributed by atoms with Crippen molar-refractivity contribution in [1.82, 2.24) is 9.55 Å². The molecule has 0 fully saturated rings. The fourth-order valence-electron chi connectivity index (χ4n) is 3.79. The van der Waals surface area contributed by atoms with Crippen LogP contribution >= 0.6 is 11.3 Å². The number of carbonyl (C=O) groups is 1. The van der Waals surface area contributed by atoms with Gasteiger partial charge in [0, 0.05) is 16.6 Å². The first kappa shape index (κ1) is 20.9. The zero-order valence-electron chi connectivity index (χ0n) is 17.7. The minimum Gasteiger partial charge on any atom is -0.324 e. The number of aromatic nitrogens is 2. The van der Waals surface area contributed by atoms with Gasteiger partial charge in [-0.05, 0) is 56.5 Å². The highest BCUT2D eigenvalue weighted by atomic mass is 32.1. The van der Waals surface area contributed by atoms with Crippen molar-refractivity contribution in [1.29, 1.82) is 0 Å². The predicted octanol–water partition coefficient (Wildman–Crippen LogP) is 5.39. The zero-order chi connectivity index (χ0) is 22.3. The molecular formula is C24H22FN3O2S. The summed E-state index contributed by atoms with van der Waals surface area (Å²) in [6.45, 7) is 7.57. The number of hydrogen-bond donors (Lipinski definition) is 1. The summed E-state index contributed by atoms with van der Waals surface area (Å²) in [7, 11) is 0. The number of nitrogens with zero attached hydrogens (tertiary/aromatic N) is 2. The Balaban J connectivity index is 1.72. The largest absolute Gasteiger partial charge is 0.324 e. The number of benzene rings is 2. The zero-order valence-corrected chi connectivity index (χ0v) is 18.5. The van der Waals surface area contributed by atoms with Gasteiger partial charge in [0.15, 0.2) is 0 Å². The van der Waals surface area contributed by atoms with Crippen LogP contribution in [0.3, 0.4) is 0 Å². The van der Waals surface area contributed by atoms with Crippen LogP contribution in [0, 0.1) is 26.6 Å². The first-order valence-electron chi connectivity index (χ1n) is 9.89. The summed E-state index contributed by atoms with van der Waals surface area (Å²) in [6.07, 6.45) is 1.41. The molecule has 0 aliphatic rings. The molecule has 2 aromatic carbocycles. The Bertz CT molecular complexity index is 1330. The molecule has 7 heteroatoms. The highest BCUT2D eigenvalue weighted by Crippen LogP contribution is 2.31. The molecule has 0 saturated carbocycles. The summed E-state index contributed by atoms with van der Waals surface area (Å²) in [4.78, 5) is 31.3. The molecule has 158 valence electrons. The molecule has 0 saturated heterocycles. The topological polar surface area (TPSA) is 64.0 Å². The van der Waals surface area contributed by atoms with Crippen LogP contribution in [0.1, 0.15) is 29.7 Å². The number of nitrogens with one attached hydrogen (secondary N) is 1. The molecule has 31 heavy (non-hydrogen) atoms. The molecule has 0 bridgehead atoms.